The molecule has 0 aliphatic heterocycles. The Hall–Kier alpha value is -3.14. The van der Waals surface area contributed by atoms with Crippen molar-refractivity contribution in [3.63, 3.8) is 0 Å². The maximum Gasteiger partial charge on any atom is 0.258 e. The Kier molecular flexibility index (Phi) is 5.09. The van der Waals surface area contributed by atoms with Crippen molar-refractivity contribution in [2.75, 3.05) is 6.61 Å². The van der Waals surface area contributed by atoms with Gasteiger partial charge < -0.3 is 10.1 Å². The van der Waals surface area contributed by atoms with E-state index in [-0.39, 0.29) is 18.6 Å². The van der Waals surface area contributed by atoms with Crippen LogP contribution < -0.4 is 10.1 Å². The number of rotatable bonds is 6. The van der Waals surface area contributed by atoms with Crippen LogP contribution in [0, 0.1) is 0 Å². The van der Waals surface area contributed by atoms with E-state index in [9.17, 15) is 9.59 Å². The summed E-state index contributed by atoms with van der Waals surface area (Å²) in [7, 11) is 0. The summed E-state index contributed by atoms with van der Waals surface area (Å²) in [5.41, 5.74) is 1.48. The van der Waals surface area contributed by atoms with Gasteiger partial charge in [-0.2, -0.15) is 0 Å². The topological polar surface area (TPSA) is 55.4 Å². The number of hydrogen-bond donors (Lipinski definition) is 1. The van der Waals surface area contributed by atoms with Crippen LogP contribution in [-0.2, 0) is 4.79 Å². The molecule has 126 valence electrons. The number of benzene rings is 3. The lowest BCUT2D eigenvalue weighted by molar-refractivity contribution is -0.123. The molecule has 4 heteroatoms. The zero-order chi connectivity index (χ0) is 17.6. The zero-order valence-corrected chi connectivity index (χ0v) is 13.9. The van der Waals surface area contributed by atoms with Crippen molar-refractivity contribution >= 4 is 23.0 Å². The van der Waals surface area contributed by atoms with E-state index in [1.165, 1.54) is 0 Å². The Morgan fingerprint density at radius 2 is 1.76 bits per heavy atom. The summed E-state index contributed by atoms with van der Waals surface area (Å²) in [6.45, 7) is 1.77. The van der Waals surface area contributed by atoms with Gasteiger partial charge in [0.05, 0.1) is 11.6 Å². The summed E-state index contributed by atoms with van der Waals surface area (Å²) in [5.74, 6) is 0.178. The fraction of sp³-hybridized carbons (Fsp3) is 0.143. The first-order valence-corrected chi connectivity index (χ1v) is 8.13. The van der Waals surface area contributed by atoms with E-state index in [0.717, 1.165) is 22.6 Å². The average Bonchev–Trinajstić information content (AvgIpc) is 2.66. The molecule has 0 aliphatic rings. The third-order valence-electron chi connectivity index (χ3n) is 4.08. The first-order chi connectivity index (χ1) is 12.2. The molecule has 0 saturated carbocycles. The van der Waals surface area contributed by atoms with Crippen molar-refractivity contribution in [3.8, 4) is 5.75 Å². The van der Waals surface area contributed by atoms with Gasteiger partial charge in [-0.3, -0.25) is 9.59 Å². The van der Waals surface area contributed by atoms with E-state index >= 15 is 0 Å². The molecule has 3 aromatic rings. The number of fused-ring (bicyclic) bond motifs is 1. The molecule has 0 fully saturated rings. The fourth-order valence-electron chi connectivity index (χ4n) is 2.77. The Balaban J connectivity index is 1.68. The Morgan fingerprint density at radius 1 is 1.04 bits per heavy atom. The molecule has 25 heavy (non-hydrogen) atoms. The van der Waals surface area contributed by atoms with Crippen molar-refractivity contribution in [2.45, 2.75) is 13.0 Å². The van der Waals surface area contributed by atoms with Gasteiger partial charge in [-0.25, -0.2) is 0 Å². The van der Waals surface area contributed by atoms with E-state index in [1.54, 1.807) is 6.07 Å². The van der Waals surface area contributed by atoms with Crippen molar-refractivity contribution in [1.29, 1.82) is 0 Å². The molecule has 0 spiro atoms. The second-order valence-electron chi connectivity index (χ2n) is 5.80. The van der Waals surface area contributed by atoms with Gasteiger partial charge in [0.15, 0.2) is 12.9 Å². The molecule has 3 aromatic carbocycles. The summed E-state index contributed by atoms with van der Waals surface area (Å²) in [6, 6.07) is 20.8. The number of amides is 1. The minimum atomic E-state index is -0.235. The van der Waals surface area contributed by atoms with E-state index in [2.05, 4.69) is 5.32 Å². The molecular weight excluding hydrogens is 314 g/mol. The molecule has 3 rings (SSSR count). The zero-order valence-electron chi connectivity index (χ0n) is 13.9. The first-order valence-electron chi connectivity index (χ1n) is 8.13. The quantitative estimate of drug-likeness (QED) is 0.696. The highest BCUT2D eigenvalue weighted by Gasteiger charge is 2.12. The monoisotopic (exact) mass is 333 g/mol. The van der Waals surface area contributed by atoms with E-state index < -0.39 is 0 Å². The molecule has 0 heterocycles. The third kappa shape index (κ3) is 3.86. The second-order valence-corrected chi connectivity index (χ2v) is 5.80. The van der Waals surface area contributed by atoms with Crippen molar-refractivity contribution in [2.24, 2.45) is 0 Å². The Labute approximate surface area is 146 Å². The van der Waals surface area contributed by atoms with Gasteiger partial charge in [0.1, 0.15) is 5.75 Å². The van der Waals surface area contributed by atoms with E-state index in [1.807, 2.05) is 67.6 Å². The molecule has 0 radical (unpaired) electrons. The molecule has 0 aliphatic carbocycles. The third-order valence-corrected chi connectivity index (χ3v) is 4.08. The van der Waals surface area contributed by atoms with Gasteiger partial charge in [0.2, 0.25) is 0 Å². The molecule has 1 unspecified atom stereocenters. The minimum absolute atomic E-state index is 0.112. The van der Waals surface area contributed by atoms with Crippen LogP contribution in [0.4, 0.5) is 0 Å². The summed E-state index contributed by atoms with van der Waals surface area (Å²) in [6.07, 6.45) is 0.766. The normalized spacial score (nSPS) is 11.7. The van der Waals surface area contributed by atoms with Crippen LogP contribution in [0.3, 0.4) is 0 Å². The maximum atomic E-state index is 12.1. The fourth-order valence-corrected chi connectivity index (χ4v) is 2.77. The molecular formula is C21H19NO3. The van der Waals surface area contributed by atoms with Crippen LogP contribution in [0.25, 0.3) is 10.8 Å². The number of aldehydes is 1. The minimum Gasteiger partial charge on any atom is -0.483 e. The molecule has 1 N–H and O–H groups in total. The predicted octanol–water partition coefficient (Wildman–Crippen LogP) is 3.91. The summed E-state index contributed by atoms with van der Waals surface area (Å²) >= 11 is 0. The Bertz CT molecular complexity index is 890. The molecule has 4 nitrogen and oxygen atoms in total. The van der Waals surface area contributed by atoms with Crippen LogP contribution in [0.1, 0.15) is 28.9 Å². The van der Waals surface area contributed by atoms with Gasteiger partial charge in [0.25, 0.3) is 5.91 Å². The van der Waals surface area contributed by atoms with Gasteiger partial charge >= 0.3 is 0 Å². The van der Waals surface area contributed by atoms with E-state index in [0.29, 0.717) is 11.3 Å². The van der Waals surface area contributed by atoms with Crippen molar-refractivity contribution < 1.29 is 14.3 Å². The van der Waals surface area contributed by atoms with Gasteiger partial charge in [-0.05, 0) is 29.3 Å². The summed E-state index contributed by atoms with van der Waals surface area (Å²) in [4.78, 5) is 23.6. The highest BCUT2D eigenvalue weighted by molar-refractivity contribution is 6.00. The lowest BCUT2D eigenvalue weighted by Crippen LogP contribution is -2.31. The highest BCUT2D eigenvalue weighted by Crippen LogP contribution is 2.26. The SMILES string of the molecule is CC(NC(=O)COc1ccc2ccccc2c1C=O)c1ccccc1. The number of ether oxygens (including phenoxy) is 1. The van der Waals surface area contributed by atoms with Crippen LogP contribution in [0.15, 0.2) is 66.7 Å². The molecule has 0 aromatic heterocycles. The lowest BCUT2D eigenvalue weighted by Gasteiger charge is -2.15. The smallest absolute Gasteiger partial charge is 0.258 e. The first kappa shape index (κ1) is 16.7. The van der Waals surface area contributed by atoms with Crippen molar-refractivity contribution in [3.05, 3.63) is 77.9 Å². The largest absolute Gasteiger partial charge is 0.483 e. The maximum absolute atomic E-state index is 12.1. The number of carbonyl (C=O) groups excluding carboxylic acids is 2. The van der Waals surface area contributed by atoms with Gasteiger partial charge in [-0.1, -0.05) is 60.7 Å². The standard InChI is InChI=1S/C21H19NO3/c1-15(16-7-3-2-4-8-16)22-21(24)14-25-20-12-11-17-9-5-6-10-18(17)19(20)13-23/h2-13,15H,14H2,1H3,(H,22,24). The lowest BCUT2D eigenvalue weighted by atomic mass is 10.0. The highest BCUT2D eigenvalue weighted by atomic mass is 16.5. The molecule has 1 atom stereocenters. The Morgan fingerprint density at radius 3 is 2.52 bits per heavy atom. The molecule has 0 bridgehead atoms. The number of hydrogen-bond acceptors (Lipinski definition) is 3. The number of carbonyl (C=O) groups is 2. The predicted molar refractivity (Wildman–Crippen MR) is 97.8 cm³/mol. The van der Waals surface area contributed by atoms with E-state index in [4.69, 9.17) is 4.74 Å². The van der Waals surface area contributed by atoms with Gasteiger partial charge in [0, 0.05) is 0 Å². The van der Waals surface area contributed by atoms with Crippen LogP contribution >= 0.6 is 0 Å². The second kappa shape index (κ2) is 7.62. The van der Waals surface area contributed by atoms with Crippen LogP contribution in [0.5, 0.6) is 5.75 Å². The molecule has 0 saturated heterocycles. The van der Waals surface area contributed by atoms with Gasteiger partial charge in [-0.15, -0.1) is 0 Å². The summed E-state index contributed by atoms with van der Waals surface area (Å²) < 4.78 is 5.59. The average molecular weight is 333 g/mol. The van der Waals surface area contributed by atoms with Crippen LogP contribution in [-0.4, -0.2) is 18.8 Å². The number of nitrogens with one attached hydrogen (secondary N) is 1. The molecule has 1 amide bonds. The summed E-state index contributed by atoms with van der Waals surface area (Å²) in [5, 5.41) is 4.66. The van der Waals surface area contributed by atoms with Crippen molar-refractivity contribution in [1.82, 2.24) is 5.32 Å². The van der Waals surface area contributed by atoms with Crippen LogP contribution in [0.2, 0.25) is 0 Å².